The lowest BCUT2D eigenvalue weighted by Crippen LogP contribution is -2.39. The van der Waals surface area contributed by atoms with Gasteiger partial charge in [0.05, 0.1) is 13.7 Å². The Hall–Kier alpha value is -3.19. The van der Waals surface area contributed by atoms with E-state index in [4.69, 9.17) is 23.4 Å². The molecule has 2 aromatic carbocycles. The minimum absolute atomic E-state index is 0.0566. The molecule has 1 N–H and O–H groups in total. The highest BCUT2D eigenvalue weighted by atomic mass is 16.6. The predicted octanol–water partition coefficient (Wildman–Crippen LogP) is 3.00. The average Bonchev–Trinajstić information content (AvgIpc) is 2.75. The molecule has 7 nitrogen and oxygen atoms in total. The van der Waals surface area contributed by atoms with E-state index in [0.29, 0.717) is 36.8 Å². The van der Waals surface area contributed by atoms with Crippen molar-refractivity contribution in [1.82, 2.24) is 5.32 Å². The summed E-state index contributed by atoms with van der Waals surface area (Å²) in [6, 6.07) is 14.2. The summed E-state index contributed by atoms with van der Waals surface area (Å²) in [4.78, 5) is 11.3. The number of rotatable bonds is 8. The van der Waals surface area contributed by atoms with E-state index in [1.807, 2.05) is 30.3 Å². The zero-order valence-corrected chi connectivity index (χ0v) is 16.2. The van der Waals surface area contributed by atoms with Crippen LogP contribution < -0.4 is 29.9 Å². The lowest BCUT2D eigenvalue weighted by molar-refractivity contribution is 0.0898. The van der Waals surface area contributed by atoms with E-state index in [1.54, 1.807) is 19.2 Å². The summed E-state index contributed by atoms with van der Waals surface area (Å²) in [5, 5.41) is 4.23. The molecule has 1 aromatic heterocycles. The van der Waals surface area contributed by atoms with Crippen molar-refractivity contribution in [3.63, 3.8) is 0 Å². The van der Waals surface area contributed by atoms with E-state index in [0.717, 1.165) is 29.9 Å². The Morgan fingerprint density at radius 3 is 2.83 bits per heavy atom. The first kappa shape index (κ1) is 19.1. The van der Waals surface area contributed by atoms with Crippen molar-refractivity contribution in [2.45, 2.75) is 12.5 Å². The maximum Gasteiger partial charge on any atom is 0.336 e. The summed E-state index contributed by atoms with van der Waals surface area (Å²) in [5.41, 5.74) is 0.160. The van der Waals surface area contributed by atoms with Crippen molar-refractivity contribution in [2.75, 3.05) is 33.4 Å². The lowest BCUT2D eigenvalue weighted by Gasteiger charge is -2.27. The Kier molecular flexibility index (Phi) is 5.86. The van der Waals surface area contributed by atoms with Gasteiger partial charge in [-0.15, -0.1) is 0 Å². The molecule has 0 bridgehead atoms. The average molecular weight is 397 g/mol. The molecule has 0 radical (unpaired) electrons. The molecule has 0 aliphatic carbocycles. The molecule has 1 atom stereocenters. The van der Waals surface area contributed by atoms with Crippen LogP contribution in [0.3, 0.4) is 0 Å². The van der Waals surface area contributed by atoms with Crippen LogP contribution in [0.15, 0.2) is 57.7 Å². The van der Waals surface area contributed by atoms with Crippen molar-refractivity contribution in [1.29, 1.82) is 0 Å². The van der Waals surface area contributed by atoms with Crippen LogP contribution in [0.2, 0.25) is 0 Å². The van der Waals surface area contributed by atoms with Crippen LogP contribution in [0.1, 0.15) is 6.42 Å². The molecule has 0 saturated heterocycles. The number of ether oxygens (including phenoxy) is 4. The summed E-state index contributed by atoms with van der Waals surface area (Å²) < 4.78 is 27.8. The quantitative estimate of drug-likeness (QED) is 0.462. The van der Waals surface area contributed by atoms with Crippen molar-refractivity contribution in [2.24, 2.45) is 0 Å². The molecule has 0 fully saturated rings. The summed E-state index contributed by atoms with van der Waals surface area (Å²) in [5.74, 6) is 2.86. The maximum atomic E-state index is 11.3. The Bertz CT molecular complexity index is 1030. The fourth-order valence-corrected chi connectivity index (χ4v) is 3.10. The predicted molar refractivity (Wildman–Crippen MR) is 108 cm³/mol. The molecule has 0 saturated carbocycles. The van der Waals surface area contributed by atoms with Crippen molar-refractivity contribution in [3.05, 3.63) is 59.0 Å². The second-order valence-corrected chi connectivity index (χ2v) is 6.72. The van der Waals surface area contributed by atoms with Crippen LogP contribution in [0.4, 0.5) is 0 Å². The van der Waals surface area contributed by atoms with Crippen LogP contribution in [0.25, 0.3) is 11.0 Å². The number of hydrogen-bond donors (Lipinski definition) is 1. The number of fused-ring (bicyclic) bond motifs is 2. The molecule has 3 aromatic rings. The molecule has 2 heterocycles. The standard InChI is InChI=1S/C22H23NO6/c1-25-16-6-7-19-21(11-16)28-18(14-27-19)13-23-9-2-10-26-17-5-3-15-4-8-22(24)29-20(15)12-17/h3-8,11-12,18,23H,2,9-10,13-14H2,1H3. The van der Waals surface area contributed by atoms with Gasteiger partial charge in [0.2, 0.25) is 0 Å². The molecule has 4 rings (SSSR count). The largest absolute Gasteiger partial charge is 0.497 e. The van der Waals surface area contributed by atoms with E-state index < -0.39 is 0 Å². The first-order chi connectivity index (χ1) is 14.2. The number of hydrogen-bond acceptors (Lipinski definition) is 7. The van der Waals surface area contributed by atoms with Gasteiger partial charge in [-0.1, -0.05) is 0 Å². The first-order valence-electron chi connectivity index (χ1n) is 9.56. The zero-order valence-electron chi connectivity index (χ0n) is 16.2. The number of nitrogens with one attached hydrogen (secondary N) is 1. The van der Waals surface area contributed by atoms with Crippen molar-refractivity contribution in [3.8, 4) is 23.0 Å². The summed E-state index contributed by atoms with van der Waals surface area (Å²) >= 11 is 0. The summed E-state index contributed by atoms with van der Waals surface area (Å²) in [6.45, 7) is 2.52. The van der Waals surface area contributed by atoms with Gasteiger partial charge in [0.25, 0.3) is 0 Å². The Balaban J connectivity index is 1.18. The second-order valence-electron chi connectivity index (χ2n) is 6.72. The molecule has 1 aliphatic rings. The highest BCUT2D eigenvalue weighted by Gasteiger charge is 2.21. The third kappa shape index (κ3) is 4.81. The fourth-order valence-electron chi connectivity index (χ4n) is 3.10. The van der Waals surface area contributed by atoms with Gasteiger partial charge in [-0.2, -0.15) is 0 Å². The summed E-state index contributed by atoms with van der Waals surface area (Å²) in [6.07, 6.45) is 0.772. The third-order valence-electron chi connectivity index (χ3n) is 4.60. The molecule has 152 valence electrons. The topological polar surface area (TPSA) is 79.2 Å². The Morgan fingerprint density at radius 1 is 1.07 bits per heavy atom. The third-order valence-corrected chi connectivity index (χ3v) is 4.60. The SMILES string of the molecule is COc1ccc2c(c1)OC(CNCCCOc1ccc3ccc(=O)oc3c1)CO2. The molecule has 7 heteroatoms. The minimum Gasteiger partial charge on any atom is -0.497 e. The van der Waals surface area contributed by atoms with Gasteiger partial charge in [-0.25, -0.2) is 4.79 Å². The van der Waals surface area contributed by atoms with Crippen molar-refractivity contribution < 1.29 is 23.4 Å². The van der Waals surface area contributed by atoms with E-state index >= 15 is 0 Å². The zero-order chi connectivity index (χ0) is 20.1. The van der Waals surface area contributed by atoms with Gasteiger partial charge in [0.1, 0.15) is 29.8 Å². The smallest absolute Gasteiger partial charge is 0.336 e. The van der Waals surface area contributed by atoms with E-state index in [-0.39, 0.29) is 11.7 Å². The highest BCUT2D eigenvalue weighted by Crippen LogP contribution is 2.34. The highest BCUT2D eigenvalue weighted by molar-refractivity contribution is 5.77. The van der Waals surface area contributed by atoms with E-state index in [1.165, 1.54) is 6.07 Å². The van der Waals surface area contributed by atoms with Crippen LogP contribution in [-0.4, -0.2) is 39.5 Å². The van der Waals surface area contributed by atoms with Gasteiger partial charge < -0.3 is 28.7 Å². The monoisotopic (exact) mass is 397 g/mol. The molecule has 29 heavy (non-hydrogen) atoms. The second kappa shape index (κ2) is 8.87. The van der Waals surface area contributed by atoms with Crippen molar-refractivity contribution >= 4 is 11.0 Å². The van der Waals surface area contributed by atoms with E-state index in [2.05, 4.69) is 5.32 Å². The maximum absolute atomic E-state index is 11.3. The van der Waals surface area contributed by atoms with Crippen LogP contribution in [0, 0.1) is 0 Å². The summed E-state index contributed by atoms with van der Waals surface area (Å²) in [7, 11) is 1.63. The molecule has 1 aliphatic heterocycles. The van der Waals surface area contributed by atoms with Crippen LogP contribution in [0.5, 0.6) is 23.0 Å². The number of methoxy groups -OCH3 is 1. The van der Waals surface area contributed by atoms with Gasteiger partial charge in [0, 0.05) is 30.1 Å². The van der Waals surface area contributed by atoms with E-state index in [9.17, 15) is 4.79 Å². The number of benzene rings is 2. The van der Waals surface area contributed by atoms with Crippen LogP contribution >= 0.6 is 0 Å². The molecular formula is C22H23NO6. The minimum atomic E-state index is -0.367. The lowest BCUT2D eigenvalue weighted by atomic mass is 10.2. The van der Waals surface area contributed by atoms with Gasteiger partial charge in [0.15, 0.2) is 11.5 Å². The molecule has 0 amide bonds. The normalized spacial score (nSPS) is 15.3. The van der Waals surface area contributed by atoms with Crippen LogP contribution in [-0.2, 0) is 0 Å². The first-order valence-corrected chi connectivity index (χ1v) is 9.56. The molecular weight excluding hydrogens is 374 g/mol. The fraction of sp³-hybridized carbons (Fsp3) is 0.318. The van der Waals surface area contributed by atoms with Gasteiger partial charge in [-0.3, -0.25) is 0 Å². The molecule has 0 spiro atoms. The Morgan fingerprint density at radius 2 is 1.93 bits per heavy atom. The van der Waals surface area contributed by atoms with Gasteiger partial charge in [-0.05, 0) is 43.3 Å². The molecule has 1 unspecified atom stereocenters. The Labute approximate surface area is 168 Å². The van der Waals surface area contributed by atoms with Gasteiger partial charge >= 0.3 is 5.63 Å².